The van der Waals surface area contributed by atoms with Crippen LogP contribution in [0.4, 0.5) is 0 Å². The van der Waals surface area contributed by atoms with Gasteiger partial charge in [-0.05, 0) is 32.9 Å². The lowest BCUT2D eigenvalue weighted by atomic mass is 9.90. The third kappa shape index (κ3) is 3.81. The second kappa shape index (κ2) is 7.41. The number of nitrogens with two attached hydrogens (primary N) is 1. The van der Waals surface area contributed by atoms with Crippen LogP contribution in [0.25, 0.3) is 0 Å². The molecule has 0 fully saturated rings. The van der Waals surface area contributed by atoms with Gasteiger partial charge in [-0.2, -0.15) is 0 Å². The lowest BCUT2D eigenvalue weighted by Crippen LogP contribution is -2.54. The highest BCUT2D eigenvalue weighted by Gasteiger charge is 2.39. The highest BCUT2D eigenvalue weighted by atomic mass is 16.5. The van der Waals surface area contributed by atoms with Crippen molar-refractivity contribution in [2.75, 3.05) is 20.2 Å². The Kier molecular flexibility index (Phi) is 6.17. The maximum atomic E-state index is 12.3. The maximum Gasteiger partial charge on any atom is 0.332 e. The summed E-state index contributed by atoms with van der Waals surface area (Å²) >= 11 is 0. The molecule has 1 aromatic carbocycles. The van der Waals surface area contributed by atoms with Crippen LogP contribution in [-0.2, 0) is 15.1 Å². The Bertz CT molecular complexity index is 422. The van der Waals surface area contributed by atoms with Gasteiger partial charge >= 0.3 is 5.97 Å². The molecule has 20 heavy (non-hydrogen) atoms. The van der Waals surface area contributed by atoms with Crippen molar-refractivity contribution in [2.45, 2.75) is 38.8 Å². The summed E-state index contributed by atoms with van der Waals surface area (Å²) in [4.78, 5) is 14.4. The van der Waals surface area contributed by atoms with Crippen LogP contribution in [0.1, 0.15) is 32.8 Å². The molecule has 1 rings (SSSR count). The van der Waals surface area contributed by atoms with Gasteiger partial charge < -0.3 is 15.4 Å². The SMILES string of the molecule is CCOC(=O)C(N)(CN(C)C(C)CC)c1ccccc1. The molecule has 1 aromatic rings. The van der Waals surface area contributed by atoms with Crippen LogP contribution in [0, 0.1) is 0 Å². The topological polar surface area (TPSA) is 55.6 Å². The molecular formula is C16H26N2O2. The minimum absolute atomic E-state index is 0.331. The molecule has 2 N–H and O–H groups in total. The van der Waals surface area contributed by atoms with E-state index in [1.807, 2.05) is 37.4 Å². The van der Waals surface area contributed by atoms with Gasteiger partial charge in [0.25, 0.3) is 0 Å². The van der Waals surface area contributed by atoms with Gasteiger partial charge in [-0.15, -0.1) is 0 Å². The third-order valence-electron chi connectivity index (χ3n) is 3.77. The minimum atomic E-state index is -1.13. The van der Waals surface area contributed by atoms with E-state index < -0.39 is 5.54 Å². The highest BCUT2D eigenvalue weighted by molar-refractivity contribution is 5.82. The van der Waals surface area contributed by atoms with Gasteiger partial charge in [-0.25, -0.2) is 4.79 Å². The van der Waals surface area contributed by atoms with Crippen molar-refractivity contribution in [1.29, 1.82) is 0 Å². The van der Waals surface area contributed by atoms with E-state index in [4.69, 9.17) is 10.5 Å². The van der Waals surface area contributed by atoms with Crippen molar-refractivity contribution < 1.29 is 9.53 Å². The number of nitrogens with zero attached hydrogens (tertiary/aromatic N) is 1. The van der Waals surface area contributed by atoms with Gasteiger partial charge in [0.2, 0.25) is 0 Å². The van der Waals surface area contributed by atoms with Gasteiger partial charge in [0.15, 0.2) is 5.54 Å². The van der Waals surface area contributed by atoms with Gasteiger partial charge in [-0.3, -0.25) is 0 Å². The van der Waals surface area contributed by atoms with Crippen LogP contribution in [-0.4, -0.2) is 37.1 Å². The zero-order valence-electron chi connectivity index (χ0n) is 12.9. The summed E-state index contributed by atoms with van der Waals surface area (Å²) in [5.74, 6) is -0.374. The van der Waals surface area contributed by atoms with Gasteiger partial charge in [0, 0.05) is 12.6 Å². The van der Waals surface area contributed by atoms with E-state index >= 15 is 0 Å². The Labute approximate surface area is 121 Å². The fraction of sp³-hybridized carbons (Fsp3) is 0.562. The summed E-state index contributed by atoms with van der Waals surface area (Å²) < 4.78 is 5.19. The molecule has 4 heteroatoms. The zero-order chi connectivity index (χ0) is 15.2. The Morgan fingerprint density at radius 3 is 2.45 bits per heavy atom. The van der Waals surface area contributed by atoms with E-state index in [-0.39, 0.29) is 5.97 Å². The number of esters is 1. The average Bonchev–Trinajstić information content (AvgIpc) is 2.47. The minimum Gasteiger partial charge on any atom is -0.464 e. The van der Waals surface area contributed by atoms with Crippen LogP contribution in [0.3, 0.4) is 0 Å². The number of ether oxygens (including phenoxy) is 1. The van der Waals surface area contributed by atoms with Crippen LogP contribution in [0.2, 0.25) is 0 Å². The molecular weight excluding hydrogens is 252 g/mol. The molecule has 2 atom stereocenters. The Morgan fingerprint density at radius 1 is 1.35 bits per heavy atom. The molecule has 0 amide bonds. The molecule has 0 radical (unpaired) electrons. The third-order valence-corrected chi connectivity index (χ3v) is 3.77. The monoisotopic (exact) mass is 278 g/mol. The first-order valence-electron chi connectivity index (χ1n) is 7.17. The number of carbonyl (C=O) groups excluding carboxylic acids is 1. The average molecular weight is 278 g/mol. The molecule has 2 unspecified atom stereocenters. The van der Waals surface area contributed by atoms with Crippen molar-refractivity contribution in [1.82, 2.24) is 4.90 Å². The summed E-state index contributed by atoms with van der Waals surface area (Å²) in [5, 5.41) is 0. The van der Waals surface area contributed by atoms with E-state index in [2.05, 4.69) is 18.7 Å². The second-order valence-electron chi connectivity index (χ2n) is 5.23. The predicted octanol–water partition coefficient (Wildman–Crippen LogP) is 2.13. The number of carbonyl (C=O) groups is 1. The summed E-state index contributed by atoms with van der Waals surface area (Å²) in [7, 11) is 1.98. The smallest absolute Gasteiger partial charge is 0.332 e. The normalized spacial score (nSPS) is 15.7. The Morgan fingerprint density at radius 2 is 1.95 bits per heavy atom. The molecule has 0 aliphatic heterocycles. The van der Waals surface area contributed by atoms with Gasteiger partial charge in [0.1, 0.15) is 0 Å². The number of likely N-dealkylation sites (N-methyl/N-ethyl adjacent to an activating group) is 1. The van der Waals surface area contributed by atoms with Crippen LogP contribution < -0.4 is 5.73 Å². The largest absolute Gasteiger partial charge is 0.464 e. The summed E-state index contributed by atoms with van der Waals surface area (Å²) in [6, 6.07) is 9.80. The number of hydrogen-bond donors (Lipinski definition) is 1. The maximum absolute atomic E-state index is 12.3. The van der Waals surface area contributed by atoms with E-state index in [0.717, 1.165) is 12.0 Å². The van der Waals surface area contributed by atoms with Crippen LogP contribution in [0.5, 0.6) is 0 Å². The highest BCUT2D eigenvalue weighted by Crippen LogP contribution is 2.22. The zero-order valence-corrected chi connectivity index (χ0v) is 12.9. The van der Waals surface area contributed by atoms with E-state index in [9.17, 15) is 4.79 Å². The molecule has 112 valence electrons. The standard InChI is InChI=1S/C16H26N2O2/c1-5-13(3)18(4)12-16(17,15(19)20-6-2)14-10-8-7-9-11-14/h7-11,13H,5-6,12,17H2,1-4H3. The van der Waals surface area contributed by atoms with E-state index in [1.165, 1.54) is 0 Å². The summed E-state index contributed by atoms with van der Waals surface area (Å²) in [6.45, 7) is 6.80. The van der Waals surface area contributed by atoms with Crippen molar-refractivity contribution in [3.8, 4) is 0 Å². The molecule has 0 bridgehead atoms. The molecule has 0 saturated heterocycles. The Balaban J connectivity index is 3.05. The molecule has 0 aromatic heterocycles. The van der Waals surface area contributed by atoms with Gasteiger partial charge in [0.05, 0.1) is 6.61 Å². The van der Waals surface area contributed by atoms with Crippen LogP contribution in [0.15, 0.2) is 30.3 Å². The number of rotatable bonds is 7. The molecule has 4 nitrogen and oxygen atoms in total. The van der Waals surface area contributed by atoms with Crippen molar-refractivity contribution in [3.63, 3.8) is 0 Å². The first-order chi connectivity index (χ1) is 9.45. The Hall–Kier alpha value is -1.39. The second-order valence-corrected chi connectivity index (χ2v) is 5.23. The van der Waals surface area contributed by atoms with Crippen molar-refractivity contribution in [2.24, 2.45) is 5.73 Å². The molecule has 0 saturated carbocycles. The van der Waals surface area contributed by atoms with Crippen molar-refractivity contribution >= 4 is 5.97 Å². The fourth-order valence-electron chi connectivity index (χ4n) is 2.13. The molecule has 0 spiro atoms. The molecule has 0 heterocycles. The quantitative estimate of drug-likeness (QED) is 0.776. The first kappa shape index (κ1) is 16.7. The lowest BCUT2D eigenvalue weighted by Gasteiger charge is -2.34. The van der Waals surface area contributed by atoms with E-state index in [0.29, 0.717) is 19.2 Å². The summed E-state index contributed by atoms with van der Waals surface area (Å²) in [5.41, 5.74) is 6.08. The summed E-state index contributed by atoms with van der Waals surface area (Å²) in [6.07, 6.45) is 1.00. The predicted molar refractivity (Wildman–Crippen MR) is 81.3 cm³/mol. The number of benzene rings is 1. The number of hydrogen-bond acceptors (Lipinski definition) is 4. The fourth-order valence-corrected chi connectivity index (χ4v) is 2.13. The van der Waals surface area contributed by atoms with Gasteiger partial charge in [-0.1, -0.05) is 37.3 Å². The molecule has 0 aliphatic carbocycles. The molecule has 0 aliphatic rings. The van der Waals surface area contributed by atoms with Crippen molar-refractivity contribution in [3.05, 3.63) is 35.9 Å². The van der Waals surface area contributed by atoms with E-state index in [1.54, 1.807) is 6.92 Å². The van der Waals surface area contributed by atoms with Crippen LogP contribution >= 0.6 is 0 Å². The lowest BCUT2D eigenvalue weighted by molar-refractivity contribution is -0.151. The first-order valence-corrected chi connectivity index (χ1v) is 7.17.